The second-order valence-corrected chi connectivity index (χ2v) is 13.2. The number of hydrogen-bond acceptors (Lipinski definition) is 13. The van der Waals surface area contributed by atoms with Gasteiger partial charge in [0.05, 0.1) is 29.9 Å². The number of benzene rings is 4. The van der Waals surface area contributed by atoms with E-state index >= 15 is 0 Å². The summed E-state index contributed by atoms with van der Waals surface area (Å²) in [5.74, 6) is 0.799. The van der Waals surface area contributed by atoms with Crippen LogP contribution < -0.4 is 21.3 Å². The molecular formula is C46H42N10O4. The van der Waals surface area contributed by atoms with Crippen LogP contribution in [0, 0.1) is 50.4 Å². The number of carboxylic acid groups (broad SMARTS) is 1. The van der Waals surface area contributed by atoms with Crippen molar-refractivity contribution in [3.63, 3.8) is 0 Å². The van der Waals surface area contributed by atoms with Gasteiger partial charge in [0.2, 0.25) is 11.9 Å². The van der Waals surface area contributed by atoms with E-state index in [1.54, 1.807) is 92.1 Å². The summed E-state index contributed by atoms with van der Waals surface area (Å²) in [4.78, 5) is 39.7. The number of rotatable bonds is 13. The number of carbonyl (C=O) groups is 2. The molecule has 6 rings (SSSR count). The van der Waals surface area contributed by atoms with Gasteiger partial charge < -0.3 is 31.1 Å². The second kappa shape index (κ2) is 20.7. The van der Waals surface area contributed by atoms with Gasteiger partial charge in [0, 0.05) is 47.3 Å². The molecule has 0 aliphatic rings. The first-order chi connectivity index (χ1) is 28.9. The van der Waals surface area contributed by atoms with Gasteiger partial charge in [0.25, 0.3) is 0 Å². The van der Waals surface area contributed by atoms with E-state index in [1.165, 1.54) is 6.08 Å². The van der Waals surface area contributed by atoms with Crippen LogP contribution in [0.2, 0.25) is 0 Å². The molecule has 2 aromatic heterocycles. The van der Waals surface area contributed by atoms with Crippen molar-refractivity contribution < 1.29 is 19.4 Å². The van der Waals surface area contributed by atoms with E-state index in [9.17, 15) is 9.59 Å². The van der Waals surface area contributed by atoms with E-state index in [2.05, 4.69) is 53.3 Å². The monoisotopic (exact) mass is 798 g/mol. The van der Waals surface area contributed by atoms with Gasteiger partial charge in [-0.25, -0.2) is 19.6 Å². The number of nitrogens with zero attached hydrogens (tertiary/aromatic N) is 6. The van der Waals surface area contributed by atoms with Crippen molar-refractivity contribution in [2.75, 3.05) is 27.9 Å². The van der Waals surface area contributed by atoms with Crippen LogP contribution in [0.4, 0.5) is 46.3 Å². The van der Waals surface area contributed by atoms with E-state index in [4.69, 9.17) is 20.4 Å². The molecule has 0 saturated carbocycles. The third-order valence-electron chi connectivity index (χ3n) is 8.58. The lowest BCUT2D eigenvalue weighted by Gasteiger charge is -2.14. The molecule has 4 aromatic carbocycles. The first-order valence-electron chi connectivity index (χ1n) is 18.7. The number of esters is 1. The van der Waals surface area contributed by atoms with E-state index in [-0.39, 0.29) is 5.97 Å². The van der Waals surface area contributed by atoms with Crippen molar-refractivity contribution in [1.29, 1.82) is 10.5 Å². The standard InChI is InChI=1S/C24H23N5O2.C22H19N5O2/c1-4-31-22(30)10-7-19-13-16(2)23(17(3)14-19)28-21-11-12-26-24(29-21)27-20-8-5-18(15-25)6-9-20;1-14-11-17(5-8-20(28)29)12-15(2)21(14)26-19-9-10-24-22(27-19)25-18-6-3-16(13-23)4-7-18/h5-14H,4H2,1-3H3,(H2,26,27,28,29);3-12H,1-2H3,(H,28,29)(H2,24,25,26,27)/b10-7+;8-5+. The highest BCUT2D eigenvalue weighted by Crippen LogP contribution is 2.28. The smallest absolute Gasteiger partial charge is 0.330 e. The fourth-order valence-corrected chi connectivity index (χ4v) is 5.85. The molecule has 14 nitrogen and oxygen atoms in total. The topological polar surface area (TPSA) is 211 Å². The van der Waals surface area contributed by atoms with Crippen molar-refractivity contribution in [2.24, 2.45) is 0 Å². The number of hydrogen-bond donors (Lipinski definition) is 5. The van der Waals surface area contributed by atoms with Gasteiger partial charge in [0.15, 0.2) is 0 Å². The minimum atomic E-state index is -0.981. The Morgan fingerprint density at radius 3 is 1.40 bits per heavy atom. The summed E-state index contributed by atoms with van der Waals surface area (Å²) in [7, 11) is 0. The van der Waals surface area contributed by atoms with Crippen LogP contribution in [0.25, 0.3) is 12.2 Å². The van der Waals surface area contributed by atoms with Crippen molar-refractivity contribution >= 4 is 70.4 Å². The van der Waals surface area contributed by atoms with E-state index in [0.29, 0.717) is 41.3 Å². The Kier molecular flexibility index (Phi) is 14.8. The Labute approximate surface area is 348 Å². The molecule has 0 unspecified atom stereocenters. The average Bonchev–Trinajstić information content (AvgIpc) is 3.23. The largest absolute Gasteiger partial charge is 0.478 e. The number of anilines is 8. The first kappa shape index (κ1) is 42.8. The minimum Gasteiger partial charge on any atom is -0.478 e. The van der Waals surface area contributed by atoms with Gasteiger partial charge >= 0.3 is 11.9 Å². The lowest BCUT2D eigenvalue weighted by molar-refractivity contribution is -0.137. The number of aryl methyl sites for hydroxylation is 4. The molecule has 0 aliphatic carbocycles. The number of carboxylic acids is 1. The third-order valence-corrected chi connectivity index (χ3v) is 8.58. The summed E-state index contributed by atoms with van der Waals surface area (Å²) in [6, 6.07) is 29.6. The average molecular weight is 799 g/mol. The van der Waals surface area contributed by atoms with Gasteiger partial charge in [-0.3, -0.25) is 0 Å². The zero-order valence-corrected chi connectivity index (χ0v) is 33.6. The van der Waals surface area contributed by atoms with Crippen LogP contribution in [0.5, 0.6) is 0 Å². The maximum absolute atomic E-state index is 11.5. The van der Waals surface area contributed by atoms with E-state index < -0.39 is 5.97 Å². The molecule has 300 valence electrons. The summed E-state index contributed by atoms with van der Waals surface area (Å²) in [5.41, 5.74) is 10.3. The van der Waals surface area contributed by atoms with E-state index in [0.717, 1.165) is 62.2 Å². The highest BCUT2D eigenvalue weighted by atomic mass is 16.5. The lowest BCUT2D eigenvalue weighted by Crippen LogP contribution is -2.03. The number of ether oxygens (including phenoxy) is 1. The van der Waals surface area contributed by atoms with Gasteiger partial charge in [-0.15, -0.1) is 0 Å². The minimum absolute atomic E-state index is 0.352. The van der Waals surface area contributed by atoms with Crippen molar-refractivity contribution in [3.05, 3.63) is 154 Å². The predicted octanol–water partition coefficient (Wildman–Crippen LogP) is 9.58. The highest BCUT2D eigenvalue weighted by Gasteiger charge is 2.10. The molecule has 0 aliphatic heterocycles. The zero-order chi connectivity index (χ0) is 43.0. The predicted molar refractivity (Wildman–Crippen MR) is 234 cm³/mol. The Morgan fingerprint density at radius 1 is 0.633 bits per heavy atom. The number of carbonyl (C=O) groups excluding carboxylic acids is 1. The number of aromatic nitrogens is 4. The Balaban J connectivity index is 0.000000228. The fraction of sp³-hybridized carbons (Fsp3) is 0.130. The normalized spacial score (nSPS) is 10.5. The van der Waals surface area contributed by atoms with Crippen LogP contribution >= 0.6 is 0 Å². The molecule has 0 atom stereocenters. The molecule has 0 saturated heterocycles. The first-order valence-corrected chi connectivity index (χ1v) is 18.7. The lowest BCUT2D eigenvalue weighted by atomic mass is 10.0. The number of aliphatic carboxylic acids is 1. The molecule has 14 heteroatoms. The maximum Gasteiger partial charge on any atom is 0.330 e. The summed E-state index contributed by atoms with van der Waals surface area (Å²) in [6.45, 7) is 10.0. The molecule has 2 heterocycles. The number of nitrogens with one attached hydrogen (secondary N) is 4. The molecule has 0 fully saturated rings. The fourth-order valence-electron chi connectivity index (χ4n) is 5.85. The Morgan fingerprint density at radius 2 is 1.03 bits per heavy atom. The molecule has 0 bridgehead atoms. The van der Waals surface area contributed by atoms with Crippen LogP contribution in [-0.2, 0) is 14.3 Å². The van der Waals surface area contributed by atoms with Crippen LogP contribution in [-0.4, -0.2) is 43.6 Å². The maximum atomic E-state index is 11.5. The summed E-state index contributed by atoms with van der Waals surface area (Å²) < 4.78 is 4.92. The Bertz CT molecular complexity index is 2580. The van der Waals surface area contributed by atoms with Crippen LogP contribution in [0.15, 0.2) is 109 Å². The van der Waals surface area contributed by atoms with Crippen molar-refractivity contribution in [1.82, 2.24) is 19.9 Å². The highest BCUT2D eigenvalue weighted by molar-refractivity contribution is 5.87. The molecule has 5 N–H and O–H groups in total. The zero-order valence-electron chi connectivity index (χ0n) is 33.6. The molecule has 60 heavy (non-hydrogen) atoms. The second-order valence-electron chi connectivity index (χ2n) is 13.2. The summed E-state index contributed by atoms with van der Waals surface area (Å²) in [6.07, 6.45) is 9.17. The van der Waals surface area contributed by atoms with Gasteiger partial charge in [-0.05, 0) is 165 Å². The van der Waals surface area contributed by atoms with Gasteiger partial charge in [0.1, 0.15) is 11.6 Å². The van der Waals surface area contributed by atoms with Gasteiger partial charge in [-0.2, -0.15) is 20.5 Å². The third kappa shape index (κ3) is 12.6. The molecular weight excluding hydrogens is 757 g/mol. The molecule has 0 radical (unpaired) electrons. The summed E-state index contributed by atoms with van der Waals surface area (Å²) in [5, 5.41) is 39.5. The van der Waals surface area contributed by atoms with Crippen LogP contribution in [0.3, 0.4) is 0 Å². The van der Waals surface area contributed by atoms with E-state index in [1.807, 2.05) is 52.0 Å². The molecule has 0 spiro atoms. The molecule has 0 amide bonds. The Hall–Kier alpha value is -8.36. The SMILES string of the molecule is CCOC(=O)/C=C/c1cc(C)c(Nc2ccnc(Nc3ccc(C#N)cc3)n2)c(C)c1.Cc1cc(/C=C/C(=O)O)cc(C)c1Nc1ccnc(Nc2ccc(C#N)cc2)n1. The van der Waals surface area contributed by atoms with Crippen molar-refractivity contribution in [2.45, 2.75) is 34.6 Å². The number of nitriles is 2. The van der Waals surface area contributed by atoms with Gasteiger partial charge in [-0.1, -0.05) is 0 Å². The molecule has 6 aromatic rings. The summed E-state index contributed by atoms with van der Waals surface area (Å²) >= 11 is 0. The van der Waals surface area contributed by atoms with Crippen molar-refractivity contribution in [3.8, 4) is 12.1 Å². The quantitative estimate of drug-likeness (QED) is 0.0544. The van der Waals surface area contributed by atoms with Crippen LogP contribution in [0.1, 0.15) is 51.4 Å².